The normalized spacial score (nSPS) is 12.8. The highest BCUT2D eigenvalue weighted by Gasteiger charge is 2.22. The van der Waals surface area contributed by atoms with Gasteiger partial charge in [0.05, 0.1) is 15.6 Å². The topological polar surface area (TPSA) is 83.1 Å². The molecule has 2 rings (SSSR count). The van der Waals surface area contributed by atoms with Crippen LogP contribution in [0.15, 0.2) is 53.4 Å². The zero-order valence-corrected chi connectivity index (χ0v) is 17.9. The van der Waals surface area contributed by atoms with E-state index in [0.29, 0.717) is 23.8 Å². The number of hydrogen-bond acceptors (Lipinski definition) is 3. The van der Waals surface area contributed by atoms with Crippen LogP contribution in [0.4, 0.5) is 5.69 Å². The van der Waals surface area contributed by atoms with Crippen molar-refractivity contribution in [1.29, 1.82) is 0 Å². The largest absolute Gasteiger partial charge is 0.333 e. The molecule has 0 saturated carbocycles. The number of hydrogen-bond donors (Lipinski definition) is 2. The van der Waals surface area contributed by atoms with Crippen molar-refractivity contribution in [2.75, 3.05) is 25.0 Å². The molecule has 0 aliphatic rings. The maximum absolute atomic E-state index is 12.5. The molecule has 152 valence electrons. The van der Waals surface area contributed by atoms with Gasteiger partial charge < -0.3 is 10.6 Å². The smallest absolute Gasteiger partial charge is 0.279 e. The molecule has 1 amide bonds. The first-order chi connectivity index (χ1) is 13.3. The molecule has 0 radical (unpaired) electrons. The number of carbonyl (C=O) groups is 1. The van der Waals surface area contributed by atoms with Crippen molar-refractivity contribution in [3.8, 4) is 0 Å². The zero-order valence-electron chi connectivity index (χ0n) is 16.4. The molecular weight excluding hydrogens is 398 g/mol. The summed E-state index contributed by atoms with van der Waals surface area (Å²) in [5.41, 5.74) is 1.53. The van der Waals surface area contributed by atoms with Gasteiger partial charge >= 0.3 is 0 Å². The highest BCUT2D eigenvalue weighted by atomic mass is 35.5. The fraction of sp³-hybridized carbons (Fsp3) is 0.350. The highest BCUT2D eigenvalue weighted by Crippen LogP contribution is 2.20. The van der Waals surface area contributed by atoms with E-state index in [4.69, 9.17) is 11.6 Å². The third kappa shape index (κ3) is 5.54. The molecule has 0 aliphatic heterocycles. The van der Waals surface area contributed by atoms with E-state index in [-0.39, 0.29) is 23.4 Å². The number of carbonyl (C=O) groups excluding carboxylic acids is 1. The number of nitrogens with one attached hydrogen (secondary N) is 1. The summed E-state index contributed by atoms with van der Waals surface area (Å²) >= 11 is 6.04. The van der Waals surface area contributed by atoms with Gasteiger partial charge in [0, 0.05) is 18.7 Å². The third-order valence-corrected chi connectivity index (χ3v) is 6.95. The summed E-state index contributed by atoms with van der Waals surface area (Å²) in [5.74, 6) is -0.152. The average molecular weight is 425 g/mol. The van der Waals surface area contributed by atoms with Crippen LogP contribution < -0.4 is 10.6 Å². The van der Waals surface area contributed by atoms with Gasteiger partial charge in [-0.05, 0) is 31.2 Å². The van der Waals surface area contributed by atoms with E-state index < -0.39 is 10.0 Å². The van der Waals surface area contributed by atoms with Crippen LogP contribution in [0, 0.1) is 0 Å². The molecule has 28 heavy (non-hydrogen) atoms. The number of para-hydroxylation sites is 1. The summed E-state index contributed by atoms with van der Waals surface area (Å²) in [7, 11) is -3.46. The van der Waals surface area contributed by atoms with Crippen molar-refractivity contribution < 1.29 is 18.5 Å². The fourth-order valence-corrected chi connectivity index (χ4v) is 4.48. The summed E-state index contributed by atoms with van der Waals surface area (Å²) in [4.78, 5) is 12.4. The maximum atomic E-state index is 12.5. The van der Waals surface area contributed by atoms with Crippen LogP contribution in [0.2, 0.25) is 5.02 Å². The van der Waals surface area contributed by atoms with Gasteiger partial charge in [0.25, 0.3) is 5.91 Å². The van der Waals surface area contributed by atoms with E-state index in [0.717, 1.165) is 5.56 Å². The first-order valence-electron chi connectivity index (χ1n) is 9.27. The molecule has 0 spiro atoms. The predicted molar refractivity (Wildman–Crippen MR) is 112 cm³/mol. The van der Waals surface area contributed by atoms with Crippen molar-refractivity contribution in [2.45, 2.75) is 31.7 Å². The average Bonchev–Trinajstić information content (AvgIpc) is 2.68. The number of nitrogens with two attached hydrogens (primary N) is 1. The van der Waals surface area contributed by atoms with Gasteiger partial charge in [-0.25, -0.2) is 8.42 Å². The summed E-state index contributed by atoms with van der Waals surface area (Å²) in [6.45, 7) is 6.71. The Morgan fingerprint density at radius 1 is 1.11 bits per heavy atom. The Labute approximate surface area is 171 Å². The fourth-order valence-electron chi connectivity index (χ4n) is 2.84. The van der Waals surface area contributed by atoms with Crippen molar-refractivity contribution in [2.24, 2.45) is 0 Å². The molecule has 2 aromatic carbocycles. The van der Waals surface area contributed by atoms with E-state index in [1.165, 1.54) is 4.31 Å². The Morgan fingerprint density at radius 3 is 2.29 bits per heavy atom. The SMILES string of the molecule is CCN(CC)S(=O)(=O)c1ccc([C@@H](C)[NH2+]CC(=O)Nc2ccccc2Cl)cc1. The Bertz CT molecular complexity index is 897. The quantitative estimate of drug-likeness (QED) is 0.649. The second kappa shape index (κ2) is 10.0. The molecule has 0 saturated heterocycles. The second-order valence-corrected chi connectivity index (χ2v) is 8.76. The maximum Gasteiger partial charge on any atom is 0.279 e. The van der Waals surface area contributed by atoms with Crippen molar-refractivity contribution in [3.05, 3.63) is 59.1 Å². The number of halogens is 1. The van der Waals surface area contributed by atoms with Crippen molar-refractivity contribution in [1.82, 2.24) is 4.31 Å². The lowest BCUT2D eigenvalue weighted by atomic mass is 10.1. The van der Waals surface area contributed by atoms with Crippen LogP contribution in [0.25, 0.3) is 0 Å². The van der Waals surface area contributed by atoms with Gasteiger partial charge in [-0.15, -0.1) is 0 Å². The van der Waals surface area contributed by atoms with Gasteiger partial charge in [-0.3, -0.25) is 4.79 Å². The molecular formula is C20H27ClN3O3S+. The number of anilines is 1. The van der Waals surface area contributed by atoms with Crippen LogP contribution in [-0.2, 0) is 14.8 Å². The minimum absolute atomic E-state index is 0.00204. The molecule has 0 aliphatic carbocycles. The lowest BCUT2D eigenvalue weighted by Crippen LogP contribution is -2.86. The predicted octanol–water partition coefficient (Wildman–Crippen LogP) is 2.63. The summed E-state index contributed by atoms with van der Waals surface area (Å²) in [5, 5.41) is 5.17. The first kappa shape index (κ1) is 22.4. The van der Waals surface area contributed by atoms with E-state index in [1.54, 1.807) is 42.5 Å². The molecule has 0 fully saturated rings. The van der Waals surface area contributed by atoms with Gasteiger partial charge in [0.15, 0.2) is 6.54 Å². The molecule has 0 bridgehead atoms. The van der Waals surface area contributed by atoms with Gasteiger partial charge in [-0.2, -0.15) is 4.31 Å². The third-order valence-electron chi connectivity index (χ3n) is 4.55. The summed E-state index contributed by atoms with van der Waals surface area (Å²) in [6.07, 6.45) is 0. The minimum atomic E-state index is -3.46. The Morgan fingerprint density at radius 2 is 1.71 bits per heavy atom. The van der Waals surface area contributed by atoms with Crippen LogP contribution >= 0.6 is 11.6 Å². The van der Waals surface area contributed by atoms with Crippen molar-refractivity contribution >= 4 is 33.2 Å². The minimum Gasteiger partial charge on any atom is -0.333 e. The van der Waals surface area contributed by atoms with Crippen LogP contribution in [-0.4, -0.2) is 38.3 Å². The van der Waals surface area contributed by atoms with Crippen LogP contribution in [0.5, 0.6) is 0 Å². The molecule has 0 heterocycles. The van der Waals surface area contributed by atoms with Crippen molar-refractivity contribution in [3.63, 3.8) is 0 Å². The zero-order chi connectivity index (χ0) is 20.7. The van der Waals surface area contributed by atoms with E-state index >= 15 is 0 Å². The van der Waals surface area contributed by atoms with Gasteiger partial charge in [0.1, 0.15) is 6.04 Å². The summed E-state index contributed by atoms with van der Waals surface area (Å²) in [6, 6.07) is 13.9. The number of quaternary nitrogens is 1. The van der Waals surface area contributed by atoms with E-state index in [1.807, 2.05) is 32.2 Å². The first-order valence-corrected chi connectivity index (χ1v) is 11.1. The molecule has 8 heteroatoms. The Kier molecular flexibility index (Phi) is 8.00. The monoisotopic (exact) mass is 424 g/mol. The van der Waals surface area contributed by atoms with Crippen LogP contribution in [0.1, 0.15) is 32.4 Å². The molecule has 6 nitrogen and oxygen atoms in total. The van der Waals surface area contributed by atoms with E-state index in [2.05, 4.69) is 5.32 Å². The van der Waals surface area contributed by atoms with Gasteiger partial charge in [-0.1, -0.05) is 49.7 Å². The molecule has 3 N–H and O–H groups in total. The Balaban J connectivity index is 1.97. The number of benzene rings is 2. The number of nitrogens with zero attached hydrogens (tertiary/aromatic N) is 1. The molecule has 0 aromatic heterocycles. The standard InChI is InChI=1S/C20H26ClN3O3S/c1-4-24(5-2)28(26,27)17-12-10-16(11-13-17)15(3)22-14-20(25)23-19-9-7-6-8-18(19)21/h6-13,15,22H,4-5,14H2,1-3H3,(H,23,25)/p+1/t15-/m1/s1. The summed E-state index contributed by atoms with van der Waals surface area (Å²) < 4.78 is 26.5. The number of amides is 1. The number of sulfonamides is 1. The second-order valence-electron chi connectivity index (χ2n) is 6.41. The highest BCUT2D eigenvalue weighted by molar-refractivity contribution is 7.89. The molecule has 2 aromatic rings. The Hall–Kier alpha value is -1.93. The lowest BCUT2D eigenvalue weighted by Gasteiger charge is -2.19. The van der Waals surface area contributed by atoms with Crippen LogP contribution in [0.3, 0.4) is 0 Å². The molecule has 1 atom stereocenters. The molecule has 0 unspecified atom stereocenters. The lowest BCUT2D eigenvalue weighted by molar-refractivity contribution is -0.682. The van der Waals surface area contributed by atoms with Gasteiger partial charge in [0.2, 0.25) is 10.0 Å². The van der Waals surface area contributed by atoms with E-state index in [9.17, 15) is 13.2 Å². The number of rotatable bonds is 9.